The lowest BCUT2D eigenvalue weighted by atomic mass is 10.1. The number of alkyl halides is 5. The van der Waals surface area contributed by atoms with Crippen LogP contribution in [0.3, 0.4) is 0 Å². The second-order valence-corrected chi connectivity index (χ2v) is 6.68. The van der Waals surface area contributed by atoms with E-state index < -0.39 is 17.7 Å². The van der Waals surface area contributed by atoms with Crippen LogP contribution in [0.4, 0.5) is 27.8 Å². The minimum atomic E-state index is -4.44. The van der Waals surface area contributed by atoms with Crippen molar-refractivity contribution in [2.45, 2.75) is 24.9 Å². The van der Waals surface area contributed by atoms with Crippen molar-refractivity contribution in [3.63, 3.8) is 0 Å². The Morgan fingerprint density at radius 1 is 1.07 bits per heavy atom. The van der Waals surface area contributed by atoms with Crippen molar-refractivity contribution in [1.82, 2.24) is 9.55 Å². The van der Waals surface area contributed by atoms with Crippen molar-refractivity contribution in [2.75, 3.05) is 18.0 Å². The van der Waals surface area contributed by atoms with Crippen LogP contribution in [0.15, 0.2) is 34.7 Å². The van der Waals surface area contributed by atoms with Crippen molar-refractivity contribution in [3.05, 3.63) is 35.9 Å². The third-order valence-corrected chi connectivity index (χ3v) is 4.83. The molecule has 1 aromatic carbocycles. The topological polar surface area (TPSA) is 34.2 Å². The molecule has 0 radical (unpaired) electrons. The van der Waals surface area contributed by atoms with E-state index >= 15 is 0 Å². The van der Waals surface area contributed by atoms with Crippen LogP contribution in [-0.2, 0) is 13.2 Å². The van der Waals surface area contributed by atoms with Gasteiger partial charge >= 0.3 is 6.18 Å². The highest BCUT2D eigenvalue weighted by Crippen LogP contribution is 2.35. The monoisotopic (exact) mass is 385 g/mol. The normalized spacial score (nSPS) is 17.6. The van der Waals surface area contributed by atoms with Crippen LogP contribution < -0.4 is 4.90 Å². The van der Waals surface area contributed by atoms with Crippen LogP contribution in [0.5, 0.6) is 0 Å². The molecule has 0 N–H and O–H groups in total. The van der Waals surface area contributed by atoms with E-state index in [1.54, 1.807) is 24.1 Å². The van der Waals surface area contributed by atoms with Crippen LogP contribution in [0.1, 0.15) is 18.4 Å². The predicted octanol–water partition coefficient (Wildman–Crippen LogP) is 5.09. The molecule has 0 aliphatic carbocycles. The van der Waals surface area contributed by atoms with Gasteiger partial charge in [0.25, 0.3) is 5.92 Å². The van der Waals surface area contributed by atoms with Crippen LogP contribution in [0.25, 0.3) is 22.6 Å². The fraction of sp³-hybridized carbons (Fsp3) is 0.389. The maximum absolute atomic E-state index is 13.3. The highest BCUT2D eigenvalue weighted by atomic mass is 19.4. The summed E-state index contributed by atoms with van der Waals surface area (Å²) in [7, 11) is 1.61. The number of halogens is 5. The molecular formula is C18H16F5N3O. The molecule has 0 amide bonds. The third-order valence-electron chi connectivity index (χ3n) is 4.83. The van der Waals surface area contributed by atoms with Gasteiger partial charge in [0.15, 0.2) is 17.5 Å². The number of aryl methyl sites for hydroxylation is 1. The van der Waals surface area contributed by atoms with Crippen molar-refractivity contribution >= 4 is 16.9 Å². The van der Waals surface area contributed by atoms with Gasteiger partial charge in [-0.05, 0) is 24.3 Å². The van der Waals surface area contributed by atoms with Gasteiger partial charge < -0.3 is 13.9 Å². The summed E-state index contributed by atoms with van der Waals surface area (Å²) >= 11 is 0. The number of rotatable bonds is 2. The van der Waals surface area contributed by atoms with Crippen molar-refractivity contribution in [2.24, 2.45) is 7.05 Å². The summed E-state index contributed by atoms with van der Waals surface area (Å²) < 4.78 is 72.7. The quantitative estimate of drug-likeness (QED) is 0.577. The molecule has 0 spiro atoms. The molecule has 0 bridgehead atoms. The number of anilines is 1. The summed E-state index contributed by atoms with van der Waals surface area (Å²) in [6.07, 6.45) is -4.92. The van der Waals surface area contributed by atoms with E-state index in [1.165, 1.54) is 10.6 Å². The van der Waals surface area contributed by atoms with Crippen molar-refractivity contribution in [1.29, 1.82) is 0 Å². The minimum absolute atomic E-state index is 0.178. The first-order valence-electron chi connectivity index (χ1n) is 8.41. The van der Waals surface area contributed by atoms with Gasteiger partial charge in [-0.1, -0.05) is 0 Å². The molecule has 0 unspecified atom stereocenters. The molecule has 3 aromatic rings. The number of hydrogen-bond acceptors (Lipinski definition) is 3. The fourth-order valence-corrected chi connectivity index (χ4v) is 3.26. The Labute approximate surface area is 151 Å². The summed E-state index contributed by atoms with van der Waals surface area (Å²) in [5.41, 5.74) is -0.00890. The zero-order valence-electron chi connectivity index (χ0n) is 14.4. The lowest BCUT2D eigenvalue weighted by molar-refractivity contribution is -0.137. The molecule has 4 rings (SSSR count). The lowest BCUT2D eigenvalue weighted by Gasteiger charge is -2.31. The number of fused-ring (bicyclic) bond motifs is 1. The van der Waals surface area contributed by atoms with E-state index in [9.17, 15) is 22.0 Å². The van der Waals surface area contributed by atoms with Crippen molar-refractivity contribution < 1.29 is 26.4 Å². The first-order valence-corrected chi connectivity index (χ1v) is 8.41. The van der Waals surface area contributed by atoms with Gasteiger partial charge in [0.1, 0.15) is 0 Å². The van der Waals surface area contributed by atoms with Gasteiger partial charge in [-0.3, -0.25) is 0 Å². The Morgan fingerprint density at radius 3 is 2.44 bits per heavy atom. The maximum Gasteiger partial charge on any atom is 0.416 e. The third kappa shape index (κ3) is 3.26. The van der Waals surface area contributed by atoms with Gasteiger partial charge in [-0.15, -0.1) is 0 Å². The second kappa shape index (κ2) is 5.97. The maximum atomic E-state index is 13.3. The summed E-state index contributed by atoms with van der Waals surface area (Å²) in [5.74, 6) is -1.46. The molecule has 1 aliphatic heterocycles. The Morgan fingerprint density at radius 2 is 1.78 bits per heavy atom. The average molecular weight is 385 g/mol. The smallest absolute Gasteiger partial charge is 0.416 e. The molecule has 3 heterocycles. The molecule has 144 valence electrons. The van der Waals surface area contributed by atoms with E-state index in [-0.39, 0.29) is 25.9 Å². The van der Waals surface area contributed by atoms with Crippen LogP contribution in [0, 0.1) is 0 Å². The van der Waals surface area contributed by atoms with Gasteiger partial charge in [0.05, 0.1) is 16.6 Å². The highest BCUT2D eigenvalue weighted by molar-refractivity contribution is 5.80. The minimum Gasteiger partial charge on any atom is -0.437 e. The first-order chi connectivity index (χ1) is 12.6. The Bertz CT molecular complexity index is 979. The fourth-order valence-electron chi connectivity index (χ4n) is 3.26. The van der Waals surface area contributed by atoms with E-state index in [0.29, 0.717) is 28.5 Å². The van der Waals surface area contributed by atoms with E-state index in [1.807, 2.05) is 0 Å². The summed E-state index contributed by atoms with van der Waals surface area (Å²) in [4.78, 5) is 6.08. The summed E-state index contributed by atoms with van der Waals surface area (Å²) in [6, 6.07) is 6.66. The standard InChI is InChI=1S/C18H16F5N3O/c1-25-13-10-11(18(21,22)23)2-3-12(13)24-16(25)14-4-5-15(27-14)26-8-6-17(19,20)7-9-26/h2-5,10H,6-9H2,1H3. The molecule has 27 heavy (non-hydrogen) atoms. The predicted molar refractivity (Wildman–Crippen MR) is 89.8 cm³/mol. The molecule has 4 nitrogen and oxygen atoms in total. The Kier molecular flexibility index (Phi) is 3.94. The number of nitrogens with zero attached hydrogens (tertiary/aromatic N) is 3. The second-order valence-electron chi connectivity index (χ2n) is 6.68. The largest absolute Gasteiger partial charge is 0.437 e. The van der Waals surface area contributed by atoms with E-state index in [2.05, 4.69) is 4.98 Å². The van der Waals surface area contributed by atoms with E-state index in [0.717, 1.165) is 12.1 Å². The van der Waals surface area contributed by atoms with Crippen LogP contribution in [-0.4, -0.2) is 28.6 Å². The number of benzene rings is 1. The SMILES string of the molecule is Cn1c(-c2ccc(N3CCC(F)(F)CC3)o2)nc2ccc(C(F)(F)F)cc21. The van der Waals surface area contributed by atoms with Crippen LogP contribution >= 0.6 is 0 Å². The highest BCUT2D eigenvalue weighted by Gasteiger charge is 2.35. The molecular weight excluding hydrogens is 369 g/mol. The average Bonchev–Trinajstić information content (AvgIpc) is 3.19. The number of furan rings is 1. The summed E-state index contributed by atoms with van der Waals surface area (Å²) in [6.45, 7) is 0.356. The van der Waals surface area contributed by atoms with Gasteiger partial charge in [0.2, 0.25) is 0 Å². The molecule has 0 saturated carbocycles. The lowest BCUT2D eigenvalue weighted by Crippen LogP contribution is -2.39. The number of aromatic nitrogens is 2. The summed E-state index contributed by atoms with van der Waals surface area (Å²) in [5, 5.41) is 0. The van der Waals surface area contributed by atoms with Gasteiger partial charge in [-0.25, -0.2) is 13.8 Å². The number of imidazole rings is 1. The zero-order valence-corrected chi connectivity index (χ0v) is 14.4. The zero-order chi connectivity index (χ0) is 19.4. The van der Waals surface area contributed by atoms with Gasteiger partial charge in [0, 0.05) is 39.0 Å². The number of hydrogen-bond donors (Lipinski definition) is 0. The molecule has 1 aliphatic rings. The molecule has 0 atom stereocenters. The molecule has 9 heteroatoms. The number of piperidine rings is 1. The Hall–Kier alpha value is -2.58. The van der Waals surface area contributed by atoms with E-state index in [4.69, 9.17) is 4.42 Å². The molecule has 1 fully saturated rings. The van der Waals surface area contributed by atoms with Gasteiger partial charge in [-0.2, -0.15) is 13.2 Å². The molecule has 1 saturated heterocycles. The first kappa shape index (κ1) is 17.8. The van der Waals surface area contributed by atoms with Crippen LogP contribution in [0.2, 0.25) is 0 Å². The van der Waals surface area contributed by atoms with Crippen molar-refractivity contribution in [3.8, 4) is 11.6 Å². The Balaban J connectivity index is 1.65. The molecule has 2 aromatic heterocycles.